The van der Waals surface area contributed by atoms with Crippen molar-refractivity contribution in [2.45, 2.75) is 25.4 Å². The molecule has 0 amide bonds. The topological polar surface area (TPSA) is 96.1 Å². The Morgan fingerprint density at radius 3 is 2.48 bits per heavy atom. The summed E-state index contributed by atoms with van der Waals surface area (Å²) in [5.74, 6) is 1.46. The van der Waals surface area contributed by atoms with Crippen molar-refractivity contribution in [2.24, 2.45) is 5.41 Å². The Morgan fingerprint density at radius 1 is 0.966 bits per heavy atom. The lowest BCUT2D eigenvalue weighted by atomic mass is 9.71. The summed E-state index contributed by atoms with van der Waals surface area (Å²) in [7, 11) is 0. The van der Waals surface area contributed by atoms with Crippen LogP contribution in [-0.4, -0.2) is 67.6 Å². The van der Waals surface area contributed by atoms with Gasteiger partial charge in [-0.25, -0.2) is 9.97 Å². The molecular weight excluding hydrogens is 368 g/mol. The van der Waals surface area contributed by atoms with Crippen molar-refractivity contribution < 1.29 is 5.11 Å². The van der Waals surface area contributed by atoms with Gasteiger partial charge in [0.25, 0.3) is 0 Å². The first kappa shape index (κ1) is 18.0. The number of para-hydroxylation sites is 1. The molecule has 0 saturated carbocycles. The minimum Gasteiger partial charge on any atom is -0.391 e. The van der Waals surface area contributed by atoms with Crippen molar-refractivity contribution in [1.82, 2.24) is 30.2 Å². The van der Waals surface area contributed by atoms with E-state index in [1.165, 1.54) is 0 Å². The third-order valence-corrected chi connectivity index (χ3v) is 6.02. The van der Waals surface area contributed by atoms with E-state index in [1.54, 1.807) is 17.1 Å². The lowest BCUT2D eigenvalue weighted by Crippen LogP contribution is -2.54. The molecule has 150 valence electrons. The van der Waals surface area contributed by atoms with Crippen molar-refractivity contribution in [3.8, 4) is 5.69 Å². The van der Waals surface area contributed by atoms with Crippen LogP contribution in [0.5, 0.6) is 0 Å². The number of aromatic nitrogens is 6. The standard InChI is InChI=1S/C20H24N8O/c29-17-13-20(7-11-26(12-8-20)18-21-9-4-10-22-18)15-27(14-17)19-23-24-25-28(19)16-5-2-1-3-6-16/h1-6,9-10,17,29H,7-8,11-15H2. The minimum absolute atomic E-state index is 0.0381. The molecule has 1 N–H and O–H groups in total. The fourth-order valence-corrected chi connectivity index (χ4v) is 4.62. The van der Waals surface area contributed by atoms with Crippen LogP contribution in [0.1, 0.15) is 19.3 Å². The van der Waals surface area contributed by atoms with Crippen molar-refractivity contribution in [1.29, 1.82) is 0 Å². The van der Waals surface area contributed by atoms with E-state index in [-0.39, 0.29) is 5.41 Å². The van der Waals surface area contributed by atoms with Gasteiger partial charge in [-0.05, 0) is 53.3 Å². The van der Waals surface area contributed by atoms with Gasteiger partial charge in [0.15, 0.2) is 0 Å². The molecule has 0 radical (unpaired) electrons. The molecule has 9 nitrogen and oxygen atoms in total. The van der Waals surface area contributed by atoms with Crippen molar-refractivity contribution >= 4 is 11.9 Å². The fourth-order valence-electron chi connectivity index (χ4n) is 4.62. The number of benzene rings is 1. The summed E-state index contributed by atoms with van der Waals surface area (Å²) in [4.78, 5) is 13.1. The number of piperidine rings is 2. The molecule has 2 aromatic heterocycles. The zero-order chi connectivity index (χ0) is 19.7. The van der Waals surface area contributed by atoms with Gasteiger partial charge in [-0.1, -0.05) is 23.3 Å². The number of hydrogen-bond acceptors (Lipinski definition) is 8. The second kappa shape index (κ2) is 7.40. The van der Waals surface area contributed by atoms with E-state index in [0.717, 1.165) is 50.5 Å². The van der Waals surface area contributed by atoms with Gasteiger partial charge in [0.1, 0.15) is 0 Å². The maximum absolute atomic E-state index is 10.7. The lowest BCUT2D eigenvalue weighted by Gasteiger charge is -2.49. The van der Waals surface area contributed by atoms with Crippen LogP contribution in [0.3, 0.4) is 0 Å². The molecule has 1 atom stereocenters. The summed E-state index contributed by atoms with van der Waals surface area (Å²) in [6.07, 6.45) is 5.92. The van der Waals surface area contributed by atoms with Crippen LogP contribution in [-0.2, 0) is 0 Å². The Morgan fingerprint density at radius 2 is 1.72 bits per heavy atom. The quantitative estimate of drug-likeness (QED) is 0.713. The highest BCUT2D eigenvalue weighted by Gasteiger charge is 2.43. The van der Waals surface area contributed by atoms with Crippen LogP contribution >= 0.6 is 0 Å². The molecule has 1 spiro atoms. The van der Waals surface area contributed by atoms with E-state index in [1.807, 2.05) is 36.4 Å². The highest BCUT2D eigenvalue weighted by Crippen LogP contribution is 2.41. The number of nitrogens with zero attached hydrogens (tertiary/aromatic N) is 8. The van der Waals surface area contributed by atoms with E-state index in [0.29, 0.717) is 12.5 Å². The van der Waals surface area contributed by atoms with E-state index < -0.39 is 6.10 Å². The number of hydrogen-bond donors (Lipinski definition) is 1. The zero-order valence-electron chi connectivity index (χ0n) is 16.2. The van der Waals surface area contributed by atoms with Crippen molar-refractivity contribution in [2.75, 3.05) is 36.0 Å². The molecule has 0 aliphatic carbocycles. The van der Waals surface area contributed by atoms with Crippen LogP contribution in [0.15, 0.2) is 48.8 Å². The Labute approximate surface area is 169 Å². The molecule has 4 heterocycles. The maximum atomic E-state index is 10.7. The third-order valence-electron chi connectivity index (χ3n) is 6.02. The summed E-state index contributed by atoms with van der Waals surface area (Å²) in [6.45, 7) is 3.14. The largest absolute Gasteiger partial charge is 0.391 e. The molecule has 1 unspecified atom stereocenters. The Kier molecular flexibility index (Phi) is 4.59. The maximum Gasteiger partial charge on any atom is 0.250 e. The Balaban J connectivity index is 1.35. The first-order chi connectivity index (χ1) is 14.2. The number of anilines is 2. The van der Waals surface area contributed by atoms with Gasteiger partial charge in [-0.2, -0.15) is 4.68 Å². The monoisotopic (exact) mass is 392 g/mol. The van der Waals surface area contributed by atoms with E-state index in [4.69, 9.17) is 0 Å². The smallest absolute Gasteiger partial charge is 0.250 e. The number of aliphatic hydroxyl groups is 1. The second-order valence-electron chi connectivity index (χ2n) is 8.00. The van der Waals surface area contributed by atoms with Gasteiger partial charge in [0, 0.05) is 38.6 Å². The third kappa shape index (κ3) is 3.53. The first-order valence-electron chi connectivity index (χ1n) is 10.0. The van der Waals surface area contributed by atoms with E-state index in [9.17, 15) is 5.11 Å². The van der Waals surface area contributed by atoms with Crippen LogP contribution in [0.2, 0.25) is 0 Å². The number of β-amino-alcohol motifs (C(OH)–C–C–N with tert-alkyl or cyclic N) is 1. The molecule has 2 saturated heterocycles. The Bertz CT molecular complexity index is 939. The van der Waals surface area contributed by atoms with Gasteiger partial charge in [-0.3, -0.25) is 0 Å². The van der Waals surface area contributed by atoms with Gasteiger partial charge in [0.2, 0.25) is 11.9 Å². The van der Waals surface area contributed by atoms with Crippen LogP contribution in [0.4, 0.5) is 11.9 Å². The number of rotatable bonds is 3. The molecule has 2 aliphatic heterocycles. The zero-order valence-corrected chi connectivity index (χ0v) is 16.2. The molecule has 5 rings (SSSR count). The molecule has 2 aliphatic rings. The fraction of sp³-hybridized carbons (Fsp3) is 0.450. The normalized spacial score (nSPS) is 21.5. The SMILES string of the molecule is OC1CN(c2nnnn2-c2ccccc2)CC2(CCN(c3ncccn3)CC2)C1. The van der Waals surface area contributed by atoms with Gasteiger partial charge < -0.3 is 14.9 Å². The van der Waals surface area contributed by atoms with Crippen LogP contribution in [0, 0.1) is 5.41 Å². The molecule has 3 aromatic rings. The van der Waals surface area contributed by atoms with Gasteiger partial charge in [0.05, 0.1) is 11.8 Å². The summed E-state index contributed by atoms with van der Waals surface area (Å²) < 4.78 is 1.75. The van der Waals surface area contributed by atoms with Crippen LogP contribution in [0.25, 0.3) is 5.69 Å². The molecule has 9 heteroatoms. The predicted octanol–water partition coefficient (Wildman–Crippen LogP) is 1.31. The summed E-state index contributed by atoms with van der Waals surface area (Å²) in [5, 5.41) is 23.0. The summed E-state index contributed by atoms with van der Waals surface area (Å²) in [6, 6.07) is 11.7. The molecule has 0 bridgehead atoms. The van der Waals surface area contributed by atoms with E-state index >= 15 is 0 Å². The average Bonchev–Trinajstić information content (AvgIpc) is 3.25. The summed E-state index contributed by atoms with van der Waals surface area (Å²) >= 11 is 0. The highest BCUT2D eigenvalue weighted by atomic mass is 16.3. The molecular formula is C20H24N8O. The second-order valence-corrected chi connectivity index (χ2v) is 8.00. The van der Waals surface area contributed by atoms with Gasteiger partial charge >= 0.3 is 0 Å². The number of aliphatic hydroxyl groups excluding tert-OH is 1. The molecule has 1 aromatic carbocycles. The Hall–Kier alpha value is -3.07. The number of tetrazole rings is 1. The lowest BCUT2D eigenvalue weighted by molar-refractivity contribution is 0.0588. The highest BCUT2D eigenvalue weighted by molar-refractivity contribution is 5.42. The minimum atomic E-state index is -0.399. The summed E-state index contributed by atoms with van der Waals surface area (Å²) in [5.41, 5.74) is 0.953. The predicted molar refractivity (Wildman–Crippen MR) is 108 cm³/mol. The molecule has 29 heavy (non-hydrogen) atoms. The molecule has 2 fully saturated rings. The first-order valence-corrected chi connectivity index (χ1v) is 10.0. The van der Waals surface area contributed by atoms with Gasteiger partial charge in [-0.15, -0.1) is 0 Å². The van der Waals surface area contributed by atoms with Crippen molar-refractivity contribution in [3.05, 3.63) is 48.8 Å². The average molecular weight is 392 g/mol. The van der Waals surface area contributed by atoms with E-state index in [2.05, 4.69) is 35.3 Å². The van der Waals surface area contributed by atoms with Crippen molar-refractivity contribution in [3.63, 3.8) is 0 Å². The van der Waals surface area contributed by atoms with Crippen LogP contribution < -0.4 is 9.80 Å².